The summed E-state index contributed by atoms with van der Waals surface area (Å²) in [4.78, 5) is 20.1. The van der Waals surface area contributed by atoms with Crippen molar-refractivity contribution in [2.45, 2.75) is 13.0 Å². The Morgan fingerprint density at radius 1 is 1.35 bits per heavy atom. The maximum absolute atomic E-state index is 12.4. The maximum atomic E-state index is 12.4. The van der Waals surface area contributed by atoms with Crippen LogP contribution >= 0.6 is 23.2 Å². The number of rotatable bonds is 2. The summed E-state index contributed by atoms with van der Waals surface area (Å²) in [6.07, 6.45) is 0. The summed E-state index contributed by atoms with van der Waals surface area (Å²) in [5.41, 5.74) is 0.181. The van der Waals surface area contributed by atoms with Gasteiger partial charge in [-0.15, -0.1) is 0 Å². The van der Waals surface area contributed by atoms with Crippen LogP contribution in [0.25, 0.3) is 0 Å². The molecule has 0 aliphatic carbocycles. The van der Waals surface area contributed by atoms with Crippen LogP contribution in [0.1, 0.15) is 17.4 Å². The van der Waals surface area contributed by atoms with E-state index in [1.54, 1.807) is 17.0 Å². The van der Waals surface area contributed by atoms with Crippen LogP contribution in [0.4, 0.5) is 0 Å². The SMILES string of the molecule is CC(C#N)N1CCN(C(=O)c2nc(Cl)ccc2Cl)CC1. The normalized spacial score (nSPS) is 17.6. The summed E-state index contributed by atoms with van der Waals surface area (Å²) in [6.45, 7) is 4.29. The van der Waals surface area contributed by atoms with Gasteiger partial charge in [-0.05, 0) is 19.1 Å². The molecule has 1 atom stereocenters. The highest BCUT2D eigenvalue weighted by molar-refractivity contribution is 6.34. The number of carbonyl (C=O) groups excluding carboxylic acids is 1. The van der Waals surface area contributed by atoms with Gasteiger partial charge in [-0.1, -0.05) is 23.2 Å². The van der Waals surface area contributed by atoms with E-state index in [2.05, 4.69) is 11.1 Å². The fraction of sp³-hybridized carbons (Fsp3) is 0.462. The molecule has 1 fully saturated rings. The van der Waals surface area contributed by atoms with Gasteiger partial charge in [0.15, 0.2) is 0 Å². The van der Waals surface area contributed by atoms with Crippen LogP contribution in [0.3, 0.4) is 0 Å². The molecule has 1 unspecified atom stereocenters. The number of piperazine rings is 1. The number of amides is 1. The third-order valence-electron chi connectivity index (χ3n) is 3.35. The molecule has 0 bridgehead atoms. The Kier molecular flexibility index (Phi) is 4.81. The van der Waals surface area contributed by atoms with Crippen molar-refractivity contribution in [3.8, 4) is 6.07 Å². The van der Waals surface area contributed by atoms with Crippen molar-refractivity contribution >= 4 is 29.1 Å². The molecule has 0 aromatic carbocycles. The van der Waals surface area contributed by atoms with Crippen LogP contribution in [0.15, 0.2) is 12.1 Å². The van der Waals surface area contributed by atoms with Crippen LogP contribution < -0.4 is 0 Å². The highest BCUT2D eigenvalue weighted by Crippen LogP contribution is 2.19. The maximum Gasteiger partial charge on any atom is 0.274 e. The molecule has 1 aliphatic rings. The van der Waals surface area contributed by atoms with Gasteiger partial charge in [-0.25, -0.2) is 4.98 Å². The second kappa shape index (κ2) is 6.40. The standard InChI is InChI=1S/C13H14Cl2N4O/c1-9(8-16)18-4-6-19(7-5-18)13(20)12-10(14)2-3-11(15)17-12/h2-3,9H,4-7H2,1H3. The second-order valence-electron chi connectivity index (χ2n) is 4.60. The molecule has 1 aliphatic heterocycles. The molecule has 1 aromatic heterocycles. The van der Waals surface area contributed by atoms with E-state index in [4.69, 9.17) is 28.5 Å². The number of carbonyl (C=O) groups is 1. The van der Waals surface area contributed by atoms with E-state index in [-0.39, 0.29) is 22.8 Å². The van der Waals surface area contributed by atoms with E-state index >= 15 is 0 Å². The first kappa shape index (κ1) is 15.0. The van der Waals surface area contributed by atoms with Gasteiger partial charge < -0.3 is 4.90 Å². The number of hydrogen-bond acceptors (Lipinski definition) is 4. The van der Waals surface area contributed by atoms with Crippen LogP contribution in [0.5, 0.6) is 0 Å². The first-order chi connectivity index (χ1) is 9.52. The molecule has 0 N–H and O–H groups in total. The number of halogens is 2. The van der Waals surface area contributed by atoms with Crippen LogP contribution in [-0.2, 0) is 0 Å². The van der Waals surface area contributed by atoms with Gasteiger partial charge >= 0.3 is 0 Å². The topological polar surface area (TPSA) is 60.2 Å². The van der Waals surface area contributed by atoms with Gasteiger partial charge in [0, 0.05) is 26.2 Å². The van der Waals surface area contributed by atoms with E-state index in [0.717, 1.165) is 0 Å². The molecule has 106 valence electrons. The highest BCUT2D eigenvalue weighted by atomic mass is 35.5. The zero-order valence-electron chi connectivity index (χ0n) is 11.0. The highest BCUT2D eigenvalue weighted by Gasteiger charge is 2.26. The molecule has 20 heavy (non-hydrogen) atoms. The van der Waals surface area contributed by atoms with Crippen molar-refractivity contribution in [3.05, 3.63) is 28.0 Å². The minimum Gasteiger partial charge on any atom is -0.335 e. The monoisotopic (exact) mass is 312 g/mol. The Hall–Kier alpha value is -1.35. The molecular formula is C13H14Cl2N4O. The molecule has 0 spiro atoms. The zero-order chi connectivity index (χ0) is 14.7. The summed E-state index contributed by atoms with van der Waals surface area (Å²) in [5.74, 6) is -0.221. The second-order valence-corrected chi connectivity index (χ2v) is 5.39. The lowest BCUT2D eigenvalue weighted by atomic mass is 10.2. The Labute approximate surface area is 127 Å². The number of pyridine rings is 1. The minimum absolute atomic E-state index is 0.139. The van der Waals surface area contributed by atoms with E-state index in [0.29, 0.717) is 31.2 Å². The molecule has 1 aromatic rings. The predicted molar refractivity (Wildman–Crippen MR) is 76.8 cm³/mol. The number of nitrogens with zero attached hydrogens (tertiary/aromatic N) is 4. The van der Waals surface area contributed by atoms with E-state index in [9.17, 15) is 4.79 Å². The molecule has 7 heteroatoms. The molecular weight excluding hydrogens is 299 g/mol. The van der Waals surface area contributed by atoms with Crippen LogP contribution in [0, 0.1) is 11.3 Å². The van der Waals surface area contributed by atoms with Crippen molar-refractivity contribution in [2.75, 3.05) is 26.2 Å². The zero-order valence-corrected chi connectivity index (χ0v) is 12.5. The largest absolute Gasteiger partial charge is 0.335 e. The van der Waals surface area contributed by atoms with Gasteiger partial charge in [0.25, 0.3) is 5.91 Å². The third-order valence-corrected chi connectivity index (χ3v) is 3.87. The summed E-state index contributed by atoms with van der Waals surface area (Å²) in [6, 6.07) is 5.18. The predicted octanol–water partition coefficient (Wildman–Crippen LogP) is 2.06. The Morgan fingerprint density at radius 3 is 2.60 bits per heavy atom. The summed E-state index contributed by atoms with van der Waals surface area (Å²) >= 11 is 11.8. The summed E-state index contributed by atoms with van der Waals surface area (Å²) in [5, 5.41) is 9.44. The van der Waals surface area contributed by atoms with Crippen molar-refractivity contribution in [3.63, 3.8) is 0 Å². The Balaban J connectivity index is 2.05. The molecule has 1 amide bonds. The third kappa shape index (κ3) is 3.21. The number of aromatic nitrogens is 1. The minimum atomic E-state index is -0.221. The van der Waals surface area contributed by atoms with E-state index < -0.39 is 0 Å². The van der Waals surface area contributed by atoms with Crippen molar-refractivity contribution in [1.29, 1.82) is 5.26 Å². The van der Waals surface area contributed by atoms with E-state index in [1.807, 2.05) is 11.8 Å². The van der Waals surface area contributed by atoms with Crippen LogP contribution in [-0.4, -0.2) is 52.9 Å². The van der Waals surface area contributed by atoms with Crippen LogP contribution in [0.2, 0.25) is 10.2 Å². The van der Waals surface area contributed by atoms with Gasteiger partial charge in [0.2, 0.25) is 0 Å². The molecule has 1 saturated heterocycles. The lowest BCUT2D eigenvalue weighted by molar-refractivity contribution is 0.0610. The van der Waals surface area contributed by atoms with Crippen molar-refractivity contribution in [1.82, 2.24) is 14.8 Å². The Morgan fingerprint density at radius 2 is 2.00 bits per heavy atom. The average molecular weight is 313 g/mol. The van der Waals surface area contributed by atoms with E-state index in [1.165, 1.54) is 0 Å². The molecule has 0 saturated carbocycles. The van der Waals surface area contributed by atoms with Gasteiger partial charge in [0.1, 0.15) is 10.8 Å². The fourth-order valence-corrected chi connectivity index (χ4v) is 2.45. The van der Waals surface area contributed by atoms with Gasteiger partial charge in [0.05, 0.1) is 17.1 Å². The van der Waals surface area contributed by atoms with Gasteiger partial charge in [-0.2, -0.15) is 5.26 Å². The first-order valence-electron chi connectivity index (χ1n) is 6.28. The first-order valence-corrected chi connectivity index (χ1v) is 7.03. The lowest BCUT2D eigenvalue weighted by Gasteiger charge is -2.35. The summed E-state index contributed by atoms with van der Waals surface area (Å²) < 4.78 is 0. The van der Waals surface area contributed by atoms with Crippen molar-refractivity contribution < 1.29 is 4.79 Å². The molecule has 2 rings (SSSR count). The van der Waals surface area contributed by atoms with Crippen molar-refractivity contribution in [2.24, 2.45) is 0 Å². The molecule has 2 heterocycles. The van der Waals surface area contributed by atoms with Gasteiger partial charge in [-0.3, -0.25) is 9.69 Å². The smallest absolute Gasteiger partial charge is 0.274 e. The molecule has 5 nitrogen and oxygen atoms in total. The quantitative estimate of drug-likeness (QED) is 0.784. The molecule has 0 radical (unpaired) electrons. The number of hydrogen-bond donors (Lipinski definition) is 0. The Bertz CT molecular complexity index is 550. The average Bonchev–Trinajstić information content (AvgIpc) is 2.48. The number of nitriles is 1. The fourth-order valence-electron chi connectivity index (χ4n) is 2.11. The lowest BCUT2D eigenvalue weighted by Crippen LogP contribution is -2.51. The summed E-state index contributed by atoms with van der Waals surface area (Å²) in [7, 11) is 0.